The molecule has 1 rings (SSSR count). The van der Waals surface area contributed by atoms with E-state index in [0.29, 0.717) is 5.92 Å². The standard InChI is InChI=1S/C7H13O/c1-5(6(2)8)7-3-4-7/h5-8H,2-4H2,1H3/t5-,6?/m1/s1. The van der Waals surface area contributed by atoms with E-state index in [1.807, 2.05) is 0 Å². The third-order valence-corrected chi connectivity index (χ3v) is 1.97. The van der Waals surface area contributed by atoms with Crippen LogP contribution >= 0.6 is 0 Å². The predicted molar refractivity (Wildman–Crippen MR) is 33.3 cm³/mol. The third-order valence-electron chi connectivity index (χ3n) is 1.97. The van der Waals surface area contributed by atoms with E-state index in [4.69, 9.17) is 5.11 Å². The van der Waals surface area contributed by atoms with Gasteiger partial charge in [-0.15, -0.1) is 0 Å². The highest BCUT2D eigenvalue weighted by Crippen LogP contribution is 2.37. The first kappa shape index (κ1) is 6.09. The van der Waals surface area contributed by atoms with Crippen molar-refractivity contribution >= 4 is 0 Å². The first-order valence-electron chi connectivity index (χ1n) is 3.23. The lowest BCUT2D eigenvalue weighted by molar-refractivity contribution is 0.147. The van der Waals surface area contributed by atoms with Crippen molar-refractivity contribution in [1.82, 2.24) is 0 Å². The van der Waals surface area contributed by atoms with Gasteiger partial charge in [0.05, 0.1) is 6.10 Å². The molecule has 8 heavy (non-hydrogen) atoms. The van der Waals surface area contributed by atoms with Crippen molar-refractivity contribution in [3.8, 4) is 0 Å². The smallest absolute Gasteiger partial charge is 0.0569 e. The topological polar surface area (TPSA) is 20.2 Å². The molecule has 0 aromatic rings. The first-order chi connectivity index (χ1) is 3.72. The van der Waals surface area contributed by atoms with Gasteiger partial charge < -0.3 is 5.11 Å². The maximum absolute atomic E-state index is 8.92. The number of rotatable bonds is 2. The van der Waals surface area contributed by atoms with E-state index in [1.165, 1.54) is 12.8 Å². The second-order valence-corrected chi connectivity index (χ2v) is 2.76. The zero-order valence-electron chi connectivity index (χ0n) is 5.30. The average molecular weight is 113 g/mol. The summed E-state index contributed by atoms with van der Waals surface area (Å²) in [6.07, 6.45) is 2.25. The van der Waals surface area contributed by atoms with Gasteiger partial charge in [0, 0.05) is 0 Å². The molecule has 1 heteroatoms. The fourth-order valence-electron chi connectivity index (χ4n) is 0.936. The first-order valence-corrected chi connectivity index (χ1v) is 3.23. The molecule has 0 bridgehead atoms. The zero-order chi connectivity index (χ0) is 6.15. The van der Waals surface area contributed by atoms with Gasteiger partial charge in [0.25, 0.3) is 0 Å². The Bertz CT molecular complexity index is 72.5. The Hall–Kier alpha value is -0.0400. The molecule has 0 heterocycles. The summed E-state index contributed by atoms with van der Waals surface area (Å²) in [7, 11) is 0. The molecule has 0 aromatic heterocycles. The SMILES string of the molecule is [CH2]C(O)[C@@H](C)C1CC1. The normalized spacial score (nSPS) is 27.4. The summed E-state index contributed by atoms with van der Waals surface area (Å²) in [5, 5.41) is 8.92. The largest absolute Gasteiger partial charge is 0.393 e. The summed E-state index contributed by atoms with van der Waals surface area (Å²) < 4.78 is 0. The fraction of sp³-hybridized carbons (Fsp3) is 0.857. The van der Waals surface area contributed by atoms with Gasteiger partial charge in [0.1, 0.15) is 0 Å². The molecule has 47 valence electrons. The van der Waals surface area contributed by atoms with Crippen LogP contribution in [0.3, 0.4) is 0 Å². The van der Waals surface area contributed by atoms with Crippen LogP contribution in [-0.2, 0) is 0 Å². The van der Waals surface area contributed by atoms with Crippen molar-refractivity contribution in [2.75, 3.05) is 0 Å². The molecule has 1 aliphatic carbocycles. The molecule has 1 N–H and O–H groups in total. The van der Waals surface area contributed by atoms with Crippen LogP contribution in [0.2, 0.25) is 0 Å². The van der Waals surface area contributed by atoms with Gasteiger partial charge in [-0.25, -0.2) is 0 Å². The third kappa shape index (κ3) is 1.22. The Kier molecular flexibility index (Phi) is 1.57. The van der Waals surface area contributed by atoms with Gasteiger partial charge in [0.15, 0.2) is 0 Å². The Morgan fingerprint density at radius 1 is 1.62 bits per heavy atom. The number of hydrogen-bond acceptors (Lipinski definition) is 1. The van der Waals surface area contributed by atoms with E-state index in [0.717, 1.165) is 5.92 Å². The van der Waals surface area contributed by atoms with Gasteiger partial charge >= 0.3 is 0 Å². The Balaban J connectivity index is 2.22. The van der Waals surface area contributed by atoms with E-state index in [1.54, 1.807) is 0 Å². The monoisotopic (exact) mass is 113 g/mol. The van der Waals surface area contributed by atoms with Crippen molar-refractivity contribution in [2.45, 2.75) is 25.9 Å². The van der Waals surface area contributed by atoms with E-state index in [-0.39, 0.29) is 6.10 Å². The highest BCUT2D eigenvalue weighted by molar-refractivity contribution is 4.83. The maximum atomic E-state index is 8.92. The Labute approximate surface area is 50.7 Å². The summed E-state index contributed by atoms with van der Waals surface area (Å²) in [5.41, 5.74) is 0. The van der Waals surface area contributed by atoms with Crippen LogP contribution in [0.4, 0.5) is 0 Å². The highest BCUT2D eigenvalue weighted by Gasteiger charge is 2.30. The van der Waals surface area contributed by atoms with Gasteiger partial charge in [0.2, 0.25) is 0 Å². The minimum absolute atomic E-state index is 0.345. The van der Waals surface area contributed by atoms with Crippen LogP contribution in [0.1, 0.15) is 19.8 Å². The Morgan fingerprint density at radius 2 is 2.12 bits per heavy atom. The summed E-state index contributed by atoms with van der Waals surface area (Å²) in [4.78, 5) is 0. The van der Waals surface area contributed by atoms with Crippen LogP contribution in [-0.4, -0.2) is 11.2 Å². The summed E-state index contributed by atoms with van der Waals surface area (Å²) >= 11 is 0. The molecule has 1 saturated carbocycles. The van der Waals surface area contributed by atoms with E-state index in [9.17, 15) is 0 Å². The lowest BCUT2D eigenvalue weighted by Gasteiger charge is -2.11. The second-order valence-electron chi connectivity index (χ2n) is 2.76. The molecule has 0 aromatic carbocycles. The van der Waals surface area contributed by atoms with Crippen LogP contribution in [0.25, 0.3) is 0 Å². The van der Waals surface area contributed by atoms with Crippen molar-refractivity contribution in [1.29, 1.82) is 0 Å². The van der Waals surface area contributed by atoms with E-state index < -0.39 is 0 Å². The van der Waals surface area contributed by atoms with Crippen LogP contribution < -0.4 is 0 Å². The minimum Gasteiger partial charge on any atom is -0.393 e. The van der Waals surface area contributed by atoms with Crippen molar-refractivity contribution in [3.05, 3.63) is 6.92 Å². The average Bonchev–Trinajstić information content (AvgIpc) is 2.43. The molecular formula is C7H13O. The van der Waals surface area contributed by atoms with Crippen LogP contribution in [0, 0.1) is 18.8 Å². The molecule has 0 spiro atoms. The fourth-order valence-corrected chi connectivity index (χ4v) is 0.936. The summed E-state index contributed by atoms with van der Waals surface area (Å²) in [6, 6.07) is 0. The number of aliphatic hydroxyl groups excluding tert-OH is 1. The van der Waals surface area contributed by atoms with Crippen LogP contribution in [0.15, 0.2) is 0 Å². The minimum atomic E-state index is -0.345. The van der Waals surface area contributed by atoms with Gasteiger partial charge in [-0.3, -0.25) is 0 Å². The summed E-state index contributed by atoms with van der Waals surface area (Å²) in [6.45, 7) is 5.62. The lowest BCUT2D eigenvalue weighted by Crippen LogP contribution is -2.14. The Morgan fingerprint density at radius 3 is 2.25 bits per heavy atom. The predicted octanol–water partition coefficient (Wildman–Crippen LogP) is 1.23. The maximum Gasteiger partial charge on any atom is 0.0569 e. The number of aliphatic hydroxyl groups is 1. The molecule has 2 atom stereocenters. The second kappa shape index (κ2) is 2.06. The van der Waals surface area contributed by atoms with Gasteiger partial charge in [-0.2, -0.15) is 0 Å². The molecule has 1 fully saturated rings. The van der Waals surface area contributed by atoms with Gasteiger partial charge in [-0.05, 0) is 31.6 Å². The van der Waals surface area contributed by atoms with Crippen molar-refractivity contribution < 1.29 is 5.11 Å². The molecule has 0 saturated heterocycles. The highest BCUT2D eigenvalue weighted by atomic mass is 16.3. The van der Waals surface area contributed by atoms with E-state index >= 15 is 0 Å². The molecule has 1 nitrogen and oxygen atoms in total. The molecule has 0 aliphatic heterocycles. The summed E-state index contributed by atoms with van der Waals surface area (Å²) in [5.74, 6) is 1.21. The molecule has 1 aliphatic rings. The molecule has 0 amide bonds. The van der Waals surface area contributed by atoms with Crippen molar-refractivity contribution in [2.24, 2.45) is 11.8 Å². The van der Waals surface area contributed by atoms with Crippen molar-refractivity contribution in [3.63, 3.8) is 0 Å². The van der Waals surface area contributed by atoms with Gasteiger partial charge in [-0.1, -0.05) is 6.92 Å². The zero-order valence-corrected chi connectivity index (χ0v) is 5.30. The molecule has 1 unspecified atom stereocenters. The molecular weight excluding hydrogens is 100 g/mol. The van der Waals surface area contributed by atoms with Crippen LogP contribution in [0.5, 0.6) is 0 Å². The quantitative estimate of drug-likeness (QED) is 0.571. The number of hydrogen-bond donors (Lipinski definition) is 1. The van der Waals surface area contributed by atoms with E-state index in [2.05, 4.69) is 13.8 Å². The lowest BCUT2D eigenvalue weighted by atomic mass is 10.0. The molecule has 1 radical (unpaired) electrons.